The Morgan fingerprint density at radius 3 is 2.62 bits per heavy atom. The van der Waals surface area contributed by atoms with Crippen molar-refractivity contribution >= 4 is 29.6 Å². The third kappa shape index (κ3) is 6.34. The molecule has 0 rings (SSSR count). The fourth-order valence-electron chi connectivity index (χ4n) is 0.211. The Labute approximate surface area is 60.3 Å². The summed E-state index contributed by atoms with van der Waals surface area (Å²) >= 11 is 10.9. The molecule has 4 heteroatoms. The van der Waals surface area contributed by atoms with Crippen LogP contribution in [0.2, 0.25) is 0 Å². The molecule has 0 aromatic rings. The van der Waals surface area contributed by atoms with Gasteiger partial charge in [-0.1, -0.05) is 0 Å². The number of ether oxygens (including phenoxy) is 1. The first-order valence-corrected chi connectivity index (χ1v) is 6.49. The molecule has 0 aliphatic rings. The maximum absolute atomic E-state index is 5.45. The maximum atomic E-state index is 5.45. The van der Waals surface area contributed by atoms with Gasteiger partial charge in [0.15, 0.2) is 0 Å². The summed E-state index contributed by atoms with van der Waals surface area (Å²) in [4.78, 5) is 0. The molecule has 0 saturated heterocycles. The summed E-state index contributed by atoms with van der Waals surface area (Å²) in [6, 6.07) is 0. The van der Waals surface area contributed by atoms with E-state index in [9.17, 15) is 0 Å². The van der Waals surface area contributed by atoms with Gasteiger partial charge < -0.3 is 4.74 Å². The van der Waals surface area contributed by atoms with E-state index in [1.807, 2.05) is 6.92 Å². The largest absolute Gasteiger partial charge is 0.502 e. The summed E-state index contributed by atoms with van der Waals surface area (Å²) in [7, 11) is -1.56. The summed E-state index contributed by atoms with van der Waals surface area (Å²) in [5, 5.41) is 0. The highest BCUT2D eigenvalue weighted by atomic mass is 35.7. The number of hydrogen-bond acceptors (Lipinski definition) is 1. The molecule has 0 atom stereocenters. The summed E-state index contributed by atoms with van der Waals surface area (Å²) < 4.78 is 4.83. The minimum absolute atomic E-state index is 0.672. The highest BCUT2D eigenvalue weighted by Crippen LogP contribution is 1.96. The minimum atomic E-state index is -1.56. The van der Waals surface area contributed by atoms with Crippen molar-refractivity contribution in [1.82, 2.24) is 0 Å². The number of halogens is 2. The molecule has 0 aliphatic heterocycles. The molecule has 0 fully saturated rings. The number of rotatable bonds is 3. The maximum Gasteiger partial charge on any atom is 0.262 e. The van der Waals surface area contributed by atoms with Crippen LogP contribution in [0.3, 0.4) is 0 Å². The van der Waals surface area contributed by atoms with Gasteiger partial charge in [-0.3, -0.25) is 0 Å². The highest BCUT2D eigenvalue weighted by molar-refractivity contribution is 7.36. The Balaban J connectivity index is 3.07. The normalized spacial score (nSPS) is 11.0. The minimum Gasteiger partial charge on any atom is -0.502 e. The van der Waals surface area contributed by atoms with Crippen LogP contribution in [-0.2, 0) is 4.74 Å². The number of hydrogen-bond donors (Lipinski definition) is 0. The third-order valence-corrected chi connectivity index (χ3v) is 1.81. The second kappa shape index (κ2) is 5.47. The lowest BCUT2D eigenvalue weighted by molar-refractivity contribution is 0.270. The standard InChI is InChI=1S/C4H8Cl2OSi/c1-2-7-3-4-8(5)6/h3-4,8H,2H2,1H3. The Morgan fingerprint density at radius 2 is 2.25 bits per heavy atom. The highest BCUT2D eigenvalue weighted by Gasteiger charge is 1.90. The first kappa shape index (κ1) is 8.34. The third-order valence-electron chi connectivity index (χ3n) is 0.487. The van der Waals surface area contributed by atoms with E-state index in [2.05, 4.69) is 0 Å². The van der Waals surface area contributed by atoms with Crippen molar-refractivity contribution in [2.24, 2.45) is 0 Å². The van der Waals surface area contributed by atoms with Crippen molar-refractivity contribution in [2.45, 2.75) is 6.92 Å². The second-order valence-electron chi connectivity index (χ2n) is 1.12. The molecule has 0 N–H and O–H groups in total. The van der Waals surface area contributed by atoms with Crippen molar-refractivity contribution < 1.29 is 4.74 Å². The van der Waals surface area contributed by atoms with Crippen LogP contribution in [0.5, 0.6) is 0 Å². The molecule has 0 bridgehead atoms. The van der Waals surface area contributed by atoms with Gasteiger partial charge in [0.05, 0.1) is 12.9 Å². The lowest BCUT2D eigenvalue weighted by atomic mass is 10.9. The van der Waals surface area contributed by atoms with E-state index in [1.54, 1.807) is 12.0 Å². The smallest absolute Gasteiger partial charge is 0.262 e. The van der Waals surface area contributed by atoms with Crippen molar-refractivity contribution in [2.75, 3.05) is 6.61 Å². The molecule has 8 heavy (non-hydrogen) atoms. The molecular weight excluding hydrogens is 163 g/mol. The van der Waals surface area contributed by atoms with E-state index < -0.39 is 7.42 Å². The van der Waals surface area contributed by atoms with Crippen LogP contribution in [0.25, 0.3) is 0 Å². The van der Waals surface area contributed by atoms with Gasteiger partial charge >= 0.3 is 0 Å². The first-order chi connectivity index (χ1) is 3.77. The monoisotopic (exact) mass is 170 g/mol. The summed E-state index contributed by atoms with van der Waals surface area (Å²) in [5.74, 6) is 0. The Morgan fingerprint density at radius 1 is 1.62 bits per heavy atom. The van der Waals surface area contributed by atoms with Crippen LogP contribution in [-0.4, -0.2) is 14.0 Å². The molecule has 0 radical (unpaired) electrons. The molecule has 0 saturated carbocycles. The van der Waals surface area contributed by atoms with E-state index in [1.165, 1.54) is 0 Å². The van der Waals surface area contributed by atoms with Crippen molar-refractivity contribution in [3.63, 3.8) is 0 Å². The summed E-state index contributed by atoms with van der Waals surface area (Å²) in [5.41, 5.74) is 1.70. The van der Waals surface area contributed by atoms with Crippen LogP contribution in [0, 0.1) is 0 Å². The van der Waals surface area contributed by atoms with Gasteiger partial charge in [-0.05, 0) is 12.6 Å². The average Bonchev–Trinajstić information content (AvgIpc) is 1.66. The van der Waals surface area contributed by atoms with Gasteiger partial charge in [0.2, 0.25) is 0 Å². The first-order valence-electron chi connectivity index (χ1n) is 2.33. The average molecular weight is 171 g/mol. The predicted molar refractivity (Wildman–Crippen MR) is 39.6 cm³/mol. The quantitative estimate of drug-likeness (QED) is 0.357. The molecule has 0 aromatic carbocycles. The molecular formula is C4H8Cl2OSi. The predicted octanol–water partition coefficient (Wildman–Crippen LogP) is 1.77. The molecule has 0 unspecified atom stereocenters. The zero-order valence-electron chi connectivity index (χ0n) is 4.60. The van der Waals surface area contributed by atoms with E-state index in [0.29, 0.717) is 6.61 Å². The van der Waals surface area contributed by atoms with Crippen molar-refractivity contribution in [3.8, 4) is 0 Å². The molecule has 0 spiro atoms. The van der Waals surface area contributed by atoms with Crippen LogP contribution in [0.15, 0.2) is 12.0 Å². The Kier molecular flexibility index (Phi) is 5.70. The van der Waals surface area contributed by atoms with E-state index in [0.717, 1.165) is 0 Å². The van der Waals surface area contributed by atoms with Crippen molar-refractivity contribution in [3.05, 3.63) is 12.0 Å². The van der Waals surface area contributed by atoms with Gasteiger partial charge in [-0.15, -0.1) is 22.2 Å². The molecule has 1 nitrogen and oxygen atoms in total. The topological polar surface area (TPSA) is 9.23 Å². The zero-order chi connectivity index (χ0) is 6.41. The van der Waals surface area contributed by atoms with Crippen LogP contribution in [0.1, 0.15) is 6.92 Å². The molecule has 0 amide bonds. The van der Waals surface area contributed by atoms with Crippen LogP contribution >= 0.6 is 22.2 Å². The van der Waals surface area contributed by atoms with Crippen LogP contribution in [0.4, 0.5) is 0 Å². The Hall–Kier alpha value is 0.337. The fraction of sp³-hybridized carbons (Fsp3) is 0.500. The second-order valence-corrected chi connectivity index (χ2v) is 5.66. The zero-order valence-corrected chi connectivity index (χ0v) is 7.27. The van der Waals surface area contributed by atoms with E-state index in [4.69, 9.17) is 26.9 Å². The van der Waals surface area contributed by atoms with E-state index >= 15 is 0 Å². The lowest BCUT2D eigenvalue weighted by Crippen LogP contribution is -1.85. The summed E-state index contributed by atoms with van der Waals surface area (Å²) in [6.45, 7) is 2.58. The van der Waals surface area contributed by atoms with Gasteiger partial charge in [0.1, 0.15) is 0 Å². The molecule has 0 heterocycles. The lowest BCUT2D eigenvalue weighted by Gasteiger charge is -1.90. The van der Waals surface area contributed by atoms with Crippen molar-refractivity contribution in [1.29, 1.82) is 0 Å². The van der Waals surface area contributed by atoms with Gasteiger partial charge in [-0.2, -0.15) is 0 Å². The SMILES string of the molecule is CCOC=C[SiH](Cl)Cl. The van der Waals surface area contributed by atoms with Crippen LogP contribution < -0.4 is 0 Å². The van der Waals surface area contributed by atoms with Gasteiger partial charge in [-0.25, -0.2) is 0 Å². The summed E-state index contributed by atoms with van der Waals surface area (Å²) in [6.07, 6.45) is 1.55. The fourth-order valence-corrected chi connectivity index (χ4v) is 0.797. The molecule has 48 valence electrons. The van der Waals surface area contributed by atoms with Gasteiger partial charge in [0, 0.05) is 0 Å². The van der Waals surface area contributed by atoms with E-state index in [-0.39, 0.29) is 0 Å². The molecule has 0 aromatic heterocycles. The Bertz CT molecular complexity index is 74.4. The molecule has 0 aliphatic carbocycles. The van der Waals surface area contributed by atoms with Gasteiger partial charge in [0.25, 0.3) is 7.42 Å².